The van der Waals surface area contributed by atoms with E-state index in [0.29, 0.717) is 48.6 Å². The van der Waals surface area contributed by atoms with Crippen LogP contribution in [-0.2, 0) is 24.1 Å². The van der Waals surface area contributed by atoms with Gasteiger partial charge in [-0.05, 0) is 78.9 Å². The molecule has 0 saturated heterocycles. The first-order valence-electron chi connectivity index (χ1n) is 11.5. The molecule has 1 heterocycles. The summed E-state index contributed by atoms with van der Waals surface area (Å²) in [5.41, 5.74) is 2.86. The summed E-state index contributed by atoms with van der Waals surface area (Å²) in [6.07, 6.45) is 2.53. The van der Waals surface area contributed by atoms with Crippen LogP contribution in [0.1, 0.15) is 40.4 Å². The Morgan fingerprint density at radius 3 is 2.43 bits per heavy atom. The van der Waals surface area contributed by atoms with Crippen LogP contribution in [0.3, 0.4) is 0 Å². The van der Waals surface area contributed by atoms with Crippen LogP contribution in [0.4, 0.5) is 4.39 Å². The number of carbonyl (C=O) groups excluding carboxylic acids is 1. The summed E-state index contributed by atoms with van der Waals surface area (Å²) >= 11 is 5.93. The van der Waals surface area contributed by atoms with E-state index in [2.05, 4.69) is 0 Å². The molecule has 5 nitrogen and oxygen atoms in total. The molecule has 1 aliphatic rings. The molecule has 1 amide bonds. The number of fused-ring (bicyclic) bond motifs is 1. The maximum Gasteiger partial charge on any atom is 0.323 e. The summed E-state index contributed by atoms with van der Waals surface area (Å²) in [6, 6.07) is 19.1. The zero-order chi connectivity index (χ0) is 25.0. The fourth-order valence-electron chi connectivity index (χ4n) is 4.51. The van der Waals surface area contributed by atoms with Gasteiger partial charge < -0.3 is 14.7 Å². The third-order valence-corrected chi connectivity index (χ3v) is 6.39. The Labute approximate surface area is 209 Å². The zero-order valence-corrected chi connectivity index (χ0v) is 20.2. The number of aryl methyl sites for hydroxylation is 1. The molecule has 3 aromatic carbocycles. The maximum absolute atomic E-state index is 13.2. The lowest BCUT2D eigenvalue weighted by Crippen LogP contribution is -2.36. The highest BCUT2D eigenvalue weighted by Crippen LogP contribution is 2.37. The van der Waals surface area contributed by atoms with Gasteiger partial charge in [-0.2, -0.15) is 0 Å². The van der Waals surface area contributed by atoms with Crippen molar-refractivity contribution in [3.8, 4) is 5.75 Å². The molecule has 0 fully saturated rings. The second-order valence-corrected chi connectivity index (χ2v) is 9.64. The molecule has 0 aromatic heterocycles. The van der Waals surface area contributed by atoms with E-state index in [1.54, 1.807) is 30.3 Å². The van der Waals surface area contributed by atoms with Crippen LogP contribution in [0.5, 0.6) is 5.75 Å². The van der Waals surface area contributed by atoms with Gasteiger partial charge in [-0.3, -0.25) is 9.59 Å². The van der Waals surface area contributed by atoms with E-state index in [9.17, 15) is 19.1 Å². The summed E-state index contributed by atoms with van der Waals surface area (Å²) in [4.78, 5) is 26.0. The van der Waals surface area contributed by atoms with E-state index in [0.717, 1.165) is 16.7 Å². The first kappa shape index (κ1) is 24.7. The van der Waals surface area contributed by atoms with Crippen molar-refractivity contribution in [3.63, 3.8) is 0 Å². The van der Waals surface area contributed by atoms with Gasteiger partial charge in [0.05, 0.1) is 0 Å². The van der Waals surface area contributed by atoms with Crippen molar-refractivity contribution < 1.29 is 23.8 Å². The number of carboxylic acids is 1. The number of carboxylic acid groups (broad SMARTS) is 1. The van der Waals surface area contributed by atoms with Crippen molar-refractivity contribution in [2.75, 3.05) is 13.1 Å². The van der Waals surface area contributed by atoms with Crippen LogP contribution in [0.25, 0.3) is 0 Å². The number of hydrogen-bond donors (Lipinski definition) is 1. The molecule has 1 unspecified atom stereocenters. The SMILES string of the molecule is CC1(Cc2ccc(F)cc2)Cc2cc(C(=O)N(CCCc3ccc(Cl)cc3)CC(=O)O)ccc2O1. The molecule has 1 atom stereocenters. The Kier molecular flexibility index (Phi) is 7.41. The first-order chi connectivity index (χ1) is 16.7. The number of amides is 1. The van der Waals surface area contributed by atoms with Crippen molar-refractivity contribution in [1.29, 1.82) is 0 Å². The van der Waals surface area contributed by atoms with Crippen LogP contribution in [0.15, 0.2) is 66.7 Å². The molecular weight excluding hydrogens is 469 g/mol. The fourth-order valence-corrected chi connectivity index (χ4v) is 4.64. The lowest BCUT2D eigenvalue weighted by atomic mass is 9.91. The van der Waals surface area contributed by atoms with Crippen LogP contribution in [0, 0.1) is 5.82 Å². The van der Waals surface area contributed by atoms with Gasteiger partial charge in [-0.25, -0.2) is 4.39 Å². The summed E-state index contributed by atoms with van der Waals surface area (Å²) in [5, 5.41) is 10.0. The Hall–Kier alpha value is -3.38. The van der Waals surface area contributed by atoms with Crippen molar-refractivity contribution in [2.45, 2.75) is 38.2 Å². The van der Waals surface area contributed by atoms with E-state index >= 15 is 0 Å². The van der Waals surface area contributed by atoms with Crippen molar-refractivity contribution in [1.82, 2.24) is 4.90 Å². The van der Waals surface area contributed by atoms with E-state index in [-0.39, 0.29) is 18.3 Å². The molecule has 0 saturated carbocycles. The summed E-state index contributed by atoms with van der Waals surface area (Å²) < 4.78 is 19.4. The van der Waals surface area contributed by atoms with Gasteiger partial charge in [0.2, 0.25) is 0 Å². The Balaban J connectivity index is 1.43. The predicted molar refractivity (Wildman–Crippen MR) is 133 cm³/mol. The lowest BCUT2D eigenvalue weighted by molar-refractivity contribution is -0.137. The van der Waals surface area contributed by atoms with Crippen molar-refractivity contribution in [2.24, 2.45) is 0 Å². The zero-order valence-electron chi connectivity index (χ0n) is 19.5. The molecule has 0 bridgehead atoms. The molecular formula is C28H27ClFNO4. The molecule has 0 aliphatic carbocycles. The molecule has 7 heteroatoms. The lowest BCUT2D eigenvalue weighted by Gasteiger charge is -2.24. The maximum atomic E-state index is 13.2. The molecule has 3 aromatic rings. The van der Waals surface area contributed by atoms with Crippen LogP contribution in [0.2, 0.25) is 5.02 Å². The third kappa shape index (κ3) is 6.40. The summed E-state index contributed by atoms with van der Waals surface area (Å²) in [6.45, 7) is 1.95. The minimum absolute atomic E-state index is 0.281. The van der Waals surface area contributed by atoms with Gasteiger partial charge in [-0.1, -0.05) is 35.9 Å². The number of rotatable bonds is 9. The van der Waals surface area contributed by atoms with Crippen LogP contribution in [-0.4, -0.2) is 40.6 Å². The fraction of sp³-hybridized carbons (Fsp3) is 0.286. The predicted octanol–water partition coefficient (Wildman–Crippen LogP) is 5.58. The highest BCUT2D eigenvalue weighted by Gasteiger charge is 2.35. The quantitative estimate of drug-likeness (QED) is 0.421. The highest BCUT2D eigenvalue weighted by molar-refractivity contribution is 6.30. The standard InChI is InChI=1S/C28H27ClFNO4/c1-28(16-20-6-11-24(30)12-7-20)17-22-15-21(8-13-25(22)35-28)27(34)31(18-26(32)33)14-2-3-19-4-9-23(29)10-5-19/h4-13,15H,2-3,14,16-18H2,1H3,(H,32,33). The minimum Gasteiger partial charge on any atom is -0.487 e. The van der Waals surface area contributed by atoms with Gasteiger partial charge in [0.15, 0.2) is 0 Å². The van der Waals surface area contributed by atoms with Crippen LogP contribution >= 0.6 is 11.6 Å². The summed E-state index contributed by atoms with van der Waals surface area (Å²) in [5.74, 6) is -0.949. The van der Waals surface area contributed by atoms with E-state index < -0.39 is 11.6 Å². The molecule has 35 heavy (non-hydrogen) atoms. The van der Waals surface area contributed by atoms with Gasteiger partial charge in [0, 0.05) is 30.0 Å². The van der Waals surface area contributed by atoms with Gasteiger partial charge >= 0.3 is 5.97 Å². The Morgan fingerprint density at radius 2 is 1.74 bits per heavy atom. The molecule has 0 spiro atoms. The largest absolute Gasteiger partial charge is 0.487 e. The third-order valence-electron chi connectivity index (χ3n) is 6.14. The van der Waals surface area contributed by atoms with E-state index in [1.165, 1.54) is 17.0 Å². The number of nitrogens with zero attached hydrogens (tertiary/aromatic N) is 1. The summed E-state index contributed by atoms with van der Waals surface area (Å²) in [7, 11) is 0. The average molecular weight is 496 g/mol. The molecule has 0 radical (unpaired) electrons. The smallest absolute Gasteiger partial charge is 0.323 e. The number of benzene rings is 3. The monoisotopic (exact) mass is 495 g/mol. The second-order valence-electron chi connectivity index (χ2n) is 9.20. The average Bonchev–Trinajstić information content (AvgIpc) is 3.15. The van der Waals surface area contributed by atoms with Gasteiger partial charge in [0.1, 0.15) is 23.7 Å². The number of aliphatic carboxylic acids is 1. The topological polar surface area (TPSA) is 66.8 Å². The highest BCUT2D eigenvalue weighted by atomic mass is 35.5. The molecule has 1 N–H and O–H groups in total. The first-order valence-corrected chi connectivity index (χ1v) is 11.9. The van der Waals surface area contributed by atoms with Crippen molar-refractivity contribution in [3.05, 3.63) is 99.8 Å². The van der Waals surface area contributed by atoms with E-state index in [4.69, 9.17) is 16.3 Å². The van der Waals surface area contributed by atoms with E-state index in [1.807, 2.05) is 31.2 Å². The normalized spacial score (nSPS) is 16.4. The van der Waals surface area contributed by atoms with Crippen molar-refractivity contribution >= 4 is 23.5 Å². The number of ether oxygens (including phenoxy) is 1. The van der Waals surface area contributed by atoms with Gasteiger partial charge in [0.25, 0.3) is 5.91 Å². The Bertz CT molecular complexity index is 1210. The van der Waals surface area contributed by atoms with Crippen LogP contribution < -0.4 is 4.74 Å². The molecule has 182 valence electrons. The number of halogens is 2. The second kappa shape index (κ2) is 10.5. The molecule has 4 rings (SSSR count). The number of hydrogen-bond acceptors (Lipinski definition) is 3. The minimum atomic E-state index is -1.05. The molecule has 1 aliphatic heterocycles. The number of carbonyl (C=O) groups is 2. The van der Waals surface area contributed by atoms with Gasteiger partial charge in [-0.15, -0.1) is 0 Å². The Morgan fingerprint density at radius 1 is 1.06 bits per heavy atom.